The number of aryl methyl sites for hydroxylation is 1. The number of nitrogen functional groups attached to an aromatic ring is 1. The highest BCUT2D eigenvalue weighted by atomic mass is 19.4. The molecular weight excluding hydrogens is 255 g/mol. The minimum absolute atomic E-state index is 0.270. The van der Waals surface area contributed by atoms with Crippen LogP contribution in [0.15, 0.2) is 30.6 Å². The molecule has 2 aromatic rings. The summed E-state index contributed by atoms with van der Waals surface area (Å²) in [6.07, 6.45) is -2.37. The van der Waals surface area contributed by atoms with E-state index in [9.17, 15) is 13.2 Å². The zero-order chi connectivity index (χ0) is 14.0. The number of nitrogens with zero attached hydrogens (tertiary/aromatic N) is 2. The molecule has 0 fully saturated rings. The fourth-order valence-electron chi connectivity index (χ4n) is 1.85. The number of hydrogen-bond donors (Lipinski definition) is 1. The van der Waals surface area contributed by atoms with Crippen molar-refractivity contribution in [1.29, 1.82) is 0 Å². The highest BCUT2D eigenvalue weighted by Crippen LogP contribution is 2.32. The predicted molar refractivity (Wildman–Crippen MR) is 66.3 cm³/mol. The van der Waals surface area contributed by atoms with E-state index in [4.69, 9.17) is 5.73 Å². The van der Waals surface area contributed by atoms with Crippen molar-refractivity contribution >= 4 is 5.82 Å². The smallest absolute Gasteiger partial charge is 0.383 e. The Labute approximate surface area is 108 Å². The van der Waals surface area contributed by atoms with Gasteiger partial charge in [0, 0.05) is 5.56 Å². The molecule has 0 saturated heterocycles. The number of alkyl halides is 3. The molecule has 0 unspecified atom stereocenters. The lowest BCUT2D eigenvalue weighted by Gasteiger charge is -2.11. The molecule has 2 N–H and O–H groups in total. The molecule has 0 spiro atoms. The van der Waals surface area contributed by atoms with Crippen LogP contribution >= 0.6 is 0 Å². The van der Waals surface area contributed by atoms with Crippen LogP contribution in [0, 0.1) is 0 Å². The molecule has 0 aliphatic heterocycles. The van der Waals surface area contributed by atoms with Crippen LogP contribution < -0.4 is 5.73 Å². The molecule has 3 nitrogen and oxygen atoms in total. The Kier molecular flexibility index (Phi) is 3.42. The fourth-order valence-corrected chi connectivity index (χ4v) is 1.85. The van der Waals surface area contributed by atoms with Crippen molar-refractivity contribution in [2.24, 2.45) is 0 Å². The quantitative estimate of drug-likeness (QED) is 0.908. The van der Waals surface area contributed by atoms with Crippen molar-refractivity contribution in [2.75, 3.05) is 5.73 Å². The molecule has 0 amide bonds. The van der Waals surface area contributed by atoms with E-state index >= 15 is 0 Å². The van der Waals surface area contributed by atoms with Gasteiger partial charge in [0.1, 0.15) is 12.1 Å². The van der Waals surface area contributed by atoms with Gasteiger partial charge in [-0.3, -0.25) is 0 Å². The van der Waals surface area contributed by atoms with Crippen LogP contribution in [0.2, 0.25) is 0 Å². The maximum atomic E-state index is 12.5. The standard InChI is InChI=1S/C13H12F3N3/c1-2-10-11(12(17)19-7-18-10)8-3-5-9(6-4-8)13(14,15)16/h3-7H,2H2,1H3,(H2,17,18,19). The molecule has 2 rings (SSSR count). The first kappa shape index (κ1) is 13.3. The number of aromatic nitrogens is 2. The summed E-state index contributed by atoms with van der Waals surface area (Å²) >= 11 is 0. The van der Waals surface area contributed by atoms with E-state index < -0.39 is 11.7 Å². The van der Waals surface area contributed by atoms with Crippen molar-refractivity contribution in [3.05, 3.63) is 41.9 Å². The average molecular weight is 267 g/mol. The molecule has 1 aromatic heterocycles. The summed E-state index contributed by atoms with van der Waals surface area (Å²) in [5, 5.41) is 0. The average Bonchev–Trinajstić information content (AvgIpc) is 2.37. The Balaban J connectivity index is 2.49. The molecular formula is C13H12F3N3. The van der Waals surface area contributed by atoms with Crippen LogP contribution in [0.1, 0.15) is 18.2 Å². The van der Waals surface area contributed by atoms with E-state index in [0.717, 1.165) is 12.1 Å². The van der Waals surface area contributed by atoms with Crippen LogP contribution in [0.4, 0.5) is 19.0 Å². The normalized spacial score (nSPS) is 11.6. The summed E-state index contributed by atoms with van der Waals surface area (Å²) in [4.78, 5) is 7.97. The molecule has 0 aliphatic rings. The summed E-state index contributed by atoms with van der Waals surface area (Å²) < 4.78 is 37.5. The highest BCUT2D eigenvalue weighted by molar-refractivity contribution is 5.75. The Morgan fingerprint density at radius 2 is 1.74 bits per heavy atom. The van der Waals surface area contributed by atoms with E-state index in [1.807, 2.05) is 6.92 Å². The maximum Gasteiger partial charge on any atom is 0.416 e. The second-order valence-electron chi connectivity index (χ2n) is 4.01. The molecule has 6 heteroatoms. The summed E-state index contributed by atoms with van der Waals surface area (Å²) in [7, 11) is 0. The molecule has 0 atom stereocenters. The lowest BCUT2D eigenvalue weighted by molar-refractivity contribution is -0.137. The molecule has 1 aromatic carbocycles. The van der Waals surface area contributed by atoms with Gasteiger partial charge in [0.05, 0.1) is 11.3 Å². The lowest BCUT2D eigenvalue weighted by atomic mass is 10.0. The monoisotopic (exact) mass is 267 g/mol. The summed E-state index contributed by atoms with van der Waals surface area (Å²) in [5.41, 5.74) is 6.99. The van der Waals surface area contributed by atoms with E-state index in [2.05, 4.69) is 9.97 Å². The van der Waals surface area contributed by atoms with Crippen LogP contribution in [0.25, 0.3) is 11.1 Å². The van der Waals surface area contributed by atoms with Gasteiger partial charge in [-0.2, -0.15) is 13.2 Å². The van der Waals surface area contributed by atoms with E-state index in [-0.39, 0.29) is 5.82 Å². The number of hydrogen-bond acceptors (Lipinski definition) is 3. The highest BCUT2D eigenvalue weighted by Gasteiger charge is 2.30. The fraction of sp³-hybridized carbons (Fsp3) is 0.231. The second kappa shape index (κ2) is 4.87. The van der Waals surface area contributed by atoms with Gasteiger partial charge in [0.15, 0.2) is 0 Å². The summed E-state index contributed by atoms with van der Waals surface area (Å²) in [5.74, 6) is 0.270. The maximum absolute atomic E-state index is 12.5. The molecule has 0 saturated carbocycles. The van der Waals surface area contributed by atoms with Gasteiger partial charge < -0.3 is 5.73 Å². The molecule has 100 valence electrons. The Bertz CT molecular complexity index is 577. The SMILES string of the molecule is CCc1ncnc(N)c1-c1ccc(C(F)(F)F)cc1. The second-order valence-corrected chi connectivity index (χ2v) is 4.01. The van der Waals surface area contributed by atoms with Crippen LogP contribution in [-0.2, 0) is 12.6 Å². The lowest BCUT2D eigenvalue weighted by Crippen LogP contribution is -2.05. The van der Waals surface area contributed by atoms with Crippen molar-refractivity contribution in [3.8, 4) is 11.1 Å². The molecule has 1 heterocycles. The van der Waals surface area contributed by atoms with Gasteiger partial charge >= 0.3 is 6.18 Å². The van der Waals surface area contributed by atoms with Gasteiger partial charge in [-0.15, -0.1) is 0 Å². The topological polar surface area (TPSA) is 51.8 Å². The first-order valence-electron chi connectivity index (χ1n) is 5.70. The molecule has 0 aliphatic carbocycles. The predicted octanol–water partition coefficient (Wildman–Crippen LogP) is 3.31. The van der Waals surface area contributed by atoms with Gasteiger partial charge in [0.2, 0.25) is 0 Å². The zero-order valence-electron chi connectivity index (χ0n) is 10.2. The Hall–Kier alpha value is -2.11. The number of benzene rings is 1. The third-order valence-corrected chi connectivity index (χ3v) is 2.79. The van der Waals surface area contributed by atoms with Crippen LogP contribution in [0.5, 0.6) is 0 Å². The summed E-state index contributed by atoms with van der Waals surface area (Å²) in [6.45, 7) is 1.90. The largest absolute Gasteiger partial charge is 0.416 e. The first-order valence-corrected chi connectivity index (χ1v) is 5.70. The number of anilines is 1. The minimum Gasteiger partial charge on any atom is -0.383 e. The third kappa shape index (κ3) is 2.67. The number of rotatable bonds is 2. The molecule has 0 bridgehead atoms. The van der Waals surface area contributed by atoms with E-state index in [1.54, 1.807) is 0 Å². The summed E-state index contributed by atoms with van der Waals surface area (Å²) in [6, 6.07) is 4.83. The minimum atomic E-state index is -4.34. The third-order valence-electron chi connectivity index (χ3n) is 2.79. The van der Waals surface area contributed by atoms with Gasteiger partial charge in [0.25, 0.3) is 0 Å². The van der Waals surface area contributed by atoms with Crippen molar-refractivity contribution < 1.29 is 13.2 Å². The van der Waals surface area contributed by atoms with Crippen LogP contribution in [0.3, 0.4) is 0 Å². The Morgan fingerprint density at radius 1 is 1.11 bits per heavy atom. The molecule has 19 heavy (non-hydrogen) atoms. The number of halogens is 3. The van der Waals surface area contributed by atoms with Gasteiger partial charge in [-0.25, -0.2) is 9.97 Å². The van der Waals surface area contributed by atoms with Gasteiger partial charge in [-0.1, -0.05) is 19.1 Å². The molecule has 0 radical (unpaired) electrons. The van der Waals surface area contributed by atoms with Gasteiger partial charge in [-0.05, 0) is 24.1 Å². The van der Waals surface area contributed by atoms with Crippen molar-refractivity contribution in [2.45, 2.75) is 19.5 Å². The number of nitrogens with two attached hydrogens (primary N) is 1. The van der Waals surface area contributed by atoms with Crippen LogP contribution in [-0.4, -0.2) is 9.97 Å². The van der Waals surface area contributed by atoms with Crippen molar-refractivity contribution in [1.82, 2.24) is 9.97 Å². The van der Waals surface area contributed by atoms with E-state index in [0.29, 0.717) is 23.2 Å². The Morgan fingerprint density at radius 3 is 2.26 bits per heavy atom. The van der Waals surface area contributed by atoms with Crippen molar-refractivity contribution in [3.63, 3.8) is 0 Å². The first-order chi connectivity index (χ1) is 8.93. The van der Waals surface area contributed by atoms with E-state index in [1.165, 1.54) is 18.5 Å². The zero-order valence-corrected chi connectivity index (χ0v) is 10.2.